The molecule has 12 rings (SSSR count). The lowest BCUT2D eigenvalue weighted by Gasteiger charge is -2.35. The maximum Gasteiger partial charge on any atom is 0.0561 e. The van der Waals surface area contributed by atoms with E-state index in [4.69, 9.17) is 0 Å². The zero-order chi connectivity index (χ0) is 62.2. The molecule has 0 fully saturated rings. The summed E-state index contributed by atoms with van der Waals surface area (Å²) >= 11 is 0. The minimum atomic E-state index is -0.0257. The maximum atomic E-state index is 2.50. The van der Waals surface area contributed by atoms with Crippen LogP contribution in [-0.2, 0) is 21.7 Å². The quantitative estimate of drug-likeness (QED) is 0.113. The van der Waals surface area contributed by atoms with Crippen molar-refractivity contribution in [3.63, 3.8) is 0 Å². The maximum absolute atomic E-state index is 2.50. The number of aryl methyl sites for hydroxylation is 4. The van der Waals surface area contributed by atoms with Crippen LogP contribution in [0.3, 0.4) is 0 Å². The van der Waals surface area contributed by atoms with E-state index in [1.165, 1.54) is 55.3 Å². The van der Waals surface area contributed by atoms with Crippen LogP contribution >= 0.6 is 0 Å². The van der Waals surface area contributed by atoms with Crippen molar-refractivity contribution in [2.45, 2.75) is 132 Å². The molecule has 0 saturated heterocycles. The molecule has 4 nitrogen and oxygen atoms in total. The van der Waals surface area contributed by atoms with Gasteiger partial charge in [0.2, 0.25) is 0 Å². The van der Waals surface area contributed by atoms with Crippen molar-refractivity contribution in [3.05, 3.63) is 275 Å². The lowest BCUT2D eigenvalue weighted by molar-refractivity contribution is 0.590. The zero-order valence-corrected chi connectivity index (χ0v) is 54.7. The van der Waals surface area contributed by atoms with Crippen molar-refractivity contribution < 1.29 is 0 Å². The Morgan fingerprint density at radius 3 is 0.489 bits per heavy atom. The summed E-state index contributed by atoms with van der Waals surface area (Å²) in [5.41, 5.74) is 22.9. The molecule has 0 aliphatic carbocycles. The molecular formula is C84H86N4. The van der Waals surface area contributed by atoms with Gasteiger partial charge >= 0.3 is 0 Å². The zero-order valence-electron chi connectivity index (χ0n) is 54.7. The molecule has 0 atom stereocenters. The summed E-state index contributed by atoms with van der Waals surface area (Å²) in [6, 6.07) is 88.1. The van der Waals surface area contributed by atoms with Gasteiger partial charge in [0.05, 0.1) is 22.7 Å². The van der Waals surface area contributed by atoms with Crippen LogP contribution in [0.5, 0.6) is 0 Å². The monoisotopic (exact) mass is 1150 g/mol. The summed E-state index contributed by atoms with van der Waals surface area (Å²) in [7, 11) is 0. The van der Waals surface area contributed by atoms with Gasteiger partial charge in [0.1, 0.15) is 0 Å². The van der Waals surface area contributed by atoms with Gasteiger partial charge in [-0.2, -0.15) is 0 Å². The summed E-state index contributed by atoms with van der Waals surface area (Å²) in [5, 5.41) is 6.99. The topological polar surface area (TPSA) is 13.0 Å². The average molecular weight is 1150 g/mol. The van der Waals surface area contributed by atoms with Crippen molar-refractivity contribution in [3.8, 4) is 0 Å². The second-order valence-electron chi connectivity index (χ2n) is 28.8. The summed E-state index contributed by atoms with van der Waals surface area (Å²) in [6.45, 7) is 36.3. The number of rotatable bonds is 12. The minimum Gasteiger partial charge on any atom is -0.310 e. The molecular weight excluding hydrogens is 1060 g/mol. The number of hydrogen-bond donors (Lipinski definition) is 0. The summed E-state index contributed by atoms with van der Waals surface area (Å²) in [5.74, 6) is 0. The summed E-state index contributed by atoms with van der Waals surface area (Å²) in [4.78, 5) is 10.0. The molecule has 442 valence electrons. The van der Waals surface area contributed by atoms with Crippen LogP contribution in [0.4, 0.5) is 68.2 Å². The highest BCUT2D eigenvalue weighted by Crippen LogP contribution is 2.55. The molecule has 0 unspecified atom stereocenters. The third-order valence-corrected chi connectivity index (χ3v) is 17.9. The Balaban J connectivity index is 1.28. The number of benzene rings is 12. The molecule has 0 aromatic heterocycles. The van der Waals surface area contributed by atoms with Crippen molar-refractivity contribution >= 4 is 101 Å². The molecule has 12 aromatic rings. The fourth-order valence-electron chi connectivity index (χ4n) is 12.6. The van der Waals surface area contributed by atoms with E-state index >= 15 is 0 Å². The lowest BCUT2D eigenvalue weighted by Crippen LogP contribution is -2.17. The highest BCUT2D eigenvalue weighted by molar-refractivity contribution is 6.33. The predicted octanol–water partition coefficient (Wildman–Crippen LogP) is 24.9. The Labute approximate surface area is 524 Å². The number of hydrogen-bond acceptors (Lipinski definition) is 4. The summed E-state index contributed by atoms with van der Waals surface area (Å²) in [6.07, 6.45) is 0. The first-order chi connectivity index (χ1) is 41.8. The van der Waals surface area contributed by atoms with Gasteiger partial charge in [0, 0.05) is 77.8 Å². The Morgan fingerprint density at radius 1 is 0.193 bits per heavy atom. The second-order valence-corrected chi connectivity index (χ2v) is 28.8. The SMILES string of the molecule is Cc1ccc(N(c2ccc(C(C)(C)C)cc2)c2cc(N(c3ccc(C)cc3)c3ccc(C(C)(C)C)cc3)c3ccc4c(N(c5ccc(C)cc5)c5ccc(C(C)(C)C)cc5)cc(N(c5ccc(C)cc5)c5ccc(C(C)(C)C)cc5)c5ccc2c3c54)cc1. The van der Waals surface area contributed by atoms with Crippen molar-refractivity contribution in [2.75, 3.05) is 19.6 Å². The molecule has 0 amide bonds. The Kier molecular flexibility index (Phi) is 15.2. The van der Waals surface area contributed by atoms with Gasteiger partial charge < -0.3 is 19.6 Å². The number of anilines is 12. The molecule has 0 heterocycles. The highest BCUT2D eigenvalue weighted by atomic mass is 15.2. The lowest BCUT2D eigenvalue weighted by atomic mass is 9.86. The van der Waals surface area contributed by atoms with Crippen LogP contribution in [0.25, 0.3) is 32.3 Å². The van der Waals surface area contributed by atoms with Crippen LogP contribution in [-0.4, -0.2) is 0 Å². The van der Waals surface area contributed by atoms with Crippen molar-refractivity contribution in [1.29, 1.82) is 0 Å². The van der Waals surface area contributed by atoms with E-state index in [-0.39, 0.29) is 21.7 Å². The normalized spacial score (nSPS) is 12.3. The third-order valence-electron chi connectivity index (χ3n) is 17.9. The van der Waals surface area contributed by atoms with E-state index in [1.54, 1.807) is 0 Å². The molecule has 4 heteroatoms. The van der Waals surface area contributed by atoms with E-state index in [1.807, 2.05) is 0 Å². The van der Waals surface area contributed by atoms with E-state index in [0.717, 1.165) is 89.8 Å². The van der Waals surface area contributed by atoms with Gasteiger partial charge in [-0.15, -0.1) is 0 Å². The van der Waals surface area contributed by atoms with Gasteiger partial charge in [-0.25, -0.2) is 0 Å². The Hall–Kier alpha value is -9.12. The average Bonchev–Trinajstić information content (AvgIpc) is 0.718. The van der Waals surface area contributed by atoms with E-state index in [2.05, 4.69) is 361 Å². The van der Waals surface area contributed by atoms with Gasteiger partial charge in [-0.3, -0.25) is 0 Å². The molecule has 0 radical (unpaired) electrons. The van der Waals surface area contributed by atoms with Gasteiger partial charge in [0.25, 0.3) is 0 Å². The standard InChI is InChI=1S/C84H86N4/c1-55-17-33-63(34-18-55)85(67-41-25-59(26-42-67)81(5,6)7)75-53-76(86(64-35-19-56(2)20-36-64)68-43-27-60(28-44-68)82(8,9)10)72-51-52-74-78(88(66-39-23-58(4)24-40-66)70-47-31-62(32-48-70)84(14,15)16)54-77(73-50-49-71(75)79(72)80(73)74)87(65-37-21-57(3)22-38-65)69-45-29-61(30-46-69)83(11,12)13/h17-54H,1-16H3. The second kappa shape index (κ2) is 22.5. The van der Waals surface area contributed by atoms with Crippen molar-refractivity contribution in [1.82, 2.24) is 0 Å². The van der Waals surface area contributed by atoms with Gasteiger partial charge in [0.15, 0.2) is 0 Å². The third kappa shape index (κ3) is 11.4. The van der Waals surface area contributed by atoms with E-state index < -0.39 is 0 Å². The molecule has 0 spiro atoms. The van der Waals surface area contributed by atoms with Crippen LogP contribution in [0.15, 0.2) is 231 Å². The first-order valence-electron chi connectivity index (χ1n) is 31.5. The fraction of sp³-hybridized carbons (Fsp3) is 0.238. The molecule has 0 saturated carbocycles. The summed E-state index contributed by atoms with van der Waals surface area (Å²) < 4.78 is 0. The minimum absolute atomic E-state index is 0.0257. The van der Waals surface area contributed by atoms with E-state index in [0.29, 0.717) is 0 Å². The Bertz CT molecular complexity index is 3860. The van der Waals surface area contributed by atoms with Crippen molar-refractivity contribution in [2.24, 2.45) is 0 Å². The highest BCUT2D eigenvalue weighted by Gasteiger charge is 2.30. The molecule has 0 aliphatic rings. The van der Waals surface area contributed by atoms with Gasteiger partial charge in [-0.1, -0.05) is 227 Å². The predicted molar refractivity (Wildman–Crippen MR) is 383 cm³/mol. The first-order valence-corrected chi connectivity index (χ1v) is 31.5. The van der Waals surface area contributed by atoms with Crippen LogP contribution in [0.1, 0.15) is 128 Å². The molecule has 0 aliphatic heterocycles. The van der Waals surface area contributed by atoms with E-state index in [9.17, 15) is 0 Å². The molecule has 88 heavy (non-hydrogen) atoms. The van der Waals surface area contributed by atoms with Crippen LogP contribution in [0.2, 0.25) is 0 Å². The van der Waals surface area contributed by atoms with Crippen LogP contribution in [0, 0.1) is 27.7 Å². The van der Waals surface area contributed by atoms with Gasteiger partial charge in [-0.05, 0) is 181 Å². The molecule has 0 N–H and O–H groups in total. The van der Waals surface area contributed by atoms with Crippen LogP contribution < -0.4 is 19.6 Å². The largest absolute Gasteiger partial charge is 0.310 e. The smallest absolute Gasteiger partial charge is 0.0561 e. The molecule has 12 aromatic carbocycles. The Morgan fingerprint density at radius 2 is 0.341 bits per heavy atom. The first kappa shape index (κ1) is 59.2. The fourth-order valence-corrected chi connectivity index (χ4v) is 12.6. The number of nitrogens with zero attached hydrogens (tertiary/aromatic N) is 4. The molecule has 0 bridgehead atoms.